The fraction of sp³-hybridized carbons (Fsp3) is 0.133. The van der Waals surface area contributed by atoms with E-state index in [1.807, 2.05) is 24.1 Å². The Morgan fingerprint density at radius 2 is 1.95 bits per heavy atom. The minimum absolute atomic E-state index is 0.437. The van der Waals surface area contributed by atoms with Crippen LogP contribution in [0.5, 0.6) is 0 Å². The van der Waals surface area contributed by atoms with Crippen molar-refractivity contribution in [1.29, 1.82) is 0 Å². The summed E-state index contributed by atoms with van der Waals surface area (Å²) in [6, 6.07) is 12.5. The second-order valence-electron chi connectivity index (χ2n) is 4.58. The van der Waals surface area contributed by atoms with E-state index in [1.54, 1.807) is 30.3 Å². The van der Waals surface area contributed by atoms with E-state index >= 15 is 0 Å². The number of anilines is 2. The highest BCUT2D eigenvalue weighted by Crippen LogP contribution is 2.27. The summed E-state index contributed by atoms with van der Waals surface area (Å²) in [5.41, 5.74) is 14.1. The summed E-state index contributed by atoms with van der Waals surface area (Å²) < 4.78 is 0. The van der Waals surface area contributed by atoms with Crippen LogP contribution in [0.15, 0.2) is 42.5 Å². The van der Waals surface area contributed by atoms with Gasteiger partial charge in [-0.25, -0.2) is 0 Å². The van der Waals surface area contributed by atoms with Gasteiger partial charge < -0.3 is 16.4 Å². The summed E-state index contributed by atoms with van der Waals surface area (Å²) in [5.74, 6) is -0.437. The standard InChI is InChI=1S/C15H16ClN3O/c1-19(14-8-11(16)6-7-13(14)17)9-10-4-2-3-5-12(10)15(18)20/h2-8H,9,17H2,1H3,(H2,18,20). The molecule has 2 aromatic rings. The van der Waals surface area contributed by atoms with Gasteiger partial charge >= 0.3 is 0 Å². The van der Waals surface area contributed by atoms with Gasteiger partial charge in [-0.05, 0) is 29.8 Å². The SMILES string of the molecule is CN(Cc1ccccc1C(N)=O)c1cc(Cl)ccc1N. The van der Waals surface area contributed by atoms with Gasteiger partial charge in [0.15, 0.2) is 0 Å². The number of rotatable bonds is 4. The normalized spacial score (nSPS) is 10.3. The molecule has 0 saturated carbocycles. The van der Waals surface area contributed by atoms with Crippen molar-refractivity contribution >= 4 is 28.9 Å². The lowest BCUT2D eigenvalue weighted by atomic mass is 10.1. The Morgan fingerprint density at radius 3 is 2.65 bits per heavy atom. The number of halogens is 1. The van der Waals surface area contributed by atoms with Crippen LogP contribution in [0.2, 0.25) is 5.02 Å². The van der Waals surface area contributed by atoms with E-state index in [0.717, 1.165) is 11.3 Å². The monoisotopic (exact) mass is 289 g/mol. The second-order valence-corrected chi connectivity index (χ2v) is 5.02. The molecule has 0 aliphatic carbocycles. The number of amides is 1. The van der Waals surface area contributed by atoms with E-state index in [2.05, 4.69) is 0 Å². The minimum atomic E-state index is -0.437. The first-order valence-corrected chi connectivity index (χ1v) is 6.50. The van der Waals surface area contributed by atoms with Crippen molar-refractivity contribution < 1.29 is 4.79 Å². The van der Waals surface area contributed by atoms with Crippen LogP contribution in [0.4, 0.5) is 11.4 Å². The highest BCUT2D eigenvalue weighted by molar-refractivity contribution is 6.31. The number of hydrogen-bond acceptors (Lipinski definition) is 3. The van der Waals surface area contributed by atoms with Gasteiger partial charge in [0.1, 0.15) is 0 Å². The predicted molar refractivity (Wildman–Crippen MR) is 82.9 cm³/mol. The molecule has 0 heterocycles. The molecule has 0 aliphatic rings. The predicted octanol–water partition coefficient (Wildman–Crippen LogP) is 2.66. The van der Waals surface area contributed by atoms with E-state index in [0.29, 0.717) is 22.8 Å². The molecule has 0 radical (unpaired) electrons. The number of primary amides is 1. The van der Waals surface area contributed by atoms with Crippen molar-refractivity contribution in [3.8, 4) is 0 Å². The molecule has 2 aromatic carbocycles. The van der Waals surface area contributed by atoms with Gasteiger partial charge in [0, 0.05) is 24.2 Å². The summed E-state index contributed by atoms with van der Waals surface area (Å²) in [7, 11) is 1.89. The zero-order valence-corrected chi connectivity index (χ0v) is 11.9. The van der Waals surface area contributed by atoms with E-state index in [4.69, 9.17) is 23.1 Å². The summed E-state index contributed by atoms with van der Waals surface area (Å²) in [6.45, 7) is 0.518. The number of carbonyl (C=O) groups excluding carboxylic acids is 1. The second kappa shape index (κ2) is 5.84. The Hall–Kier alpha value is -2.20. The fourth-order valence-corrected chi connectivity index (χ4v) is 2.25. The zero-order valence-electron chi connectivity index (χ0n) is 11.1. The summed E-state index contributed by atoms with van der Waals surface area (Å²) in [4.78, 5) is 13.4. The van der Waals surface area contributed by atoms with Gasteiger partial charge in [-0.15, -0.1) is 0 Å². The first-order valence-electron chi connectivity index (χ1n) is 6.13. The van der Waals surface area contributed by atoms with Crippen LogP contribution < -0.4 is 16.4 Å². The molecule has 0 unspecified atom stereocenters. The average molecular weight is 290 g/mol. The smallest absolute Gasteiger partial charge is 0.249 e. The van der Waals surface area contributed by atoms with Crippen LogP contribution >= 0.6 is 11.6 Å². The number of benzene rings is 2. The van der Waals surface area contributed by atoms with E-state index in [9.17, 15) is 4.79 Å². The summed E-state index contributed by atoms with van der Waals surface area (Å²) >= 11 is 5.99. The van der Waals surface area contributed by atoms with Crippen LogP contribution in [0.3, 0.4) is 0 Å². The van der Waals surface area contributed by atoms with Crippen LogP contribution in [0.1, 0.15) is 15.9 Å². The maximum atomic E-state index is 11.4. The van der Waals surface area contributed by atoms with Crippen molar-refractivity contribution in [2.24, 2.45) is 5.73 Å². The first kappa shape index (κ1) is 14.2. The third kappa shape index (κ3) is 3.03. The Morgan fingerprint density at radius 1 is 1.25 bits per heavy atom. The van der Waals surface area contributed by atoms with Crippen LogP contribution in [-0.4, -0.2) is 13.0 Å². The number of nitrogens with two attached hydrogens (primary N) is 2. The lowest BCUT2D eigenvalue weighted by molar-refractivity contribution is 0.0999. The molecule has 0 aromatic heterocycles. The van der Waals surface area contributed by atoms with E-state index in [1.165, 1.54) is 0 Å². The molecule has 20 heavy (non-hydrogen) atoms. The van der Waals surface area contributed by atoms with E-state index < -0.39 is 5.91 Å². The third-order valence-corrected chi connectivity index (χ3v) is 3.33. The maximum Gasteiger partial charge on any atom is 0.249 e. The molecule has 2 rings (SSSR count). The number of carbonyl (C=O) groups is 1. The number of nitrogen functional groups attached to an aromatic ring is 1. The van der Waals surface area contributed by atoms with Crippen LogP contribution in [0, 0.1) is 0 Å². The Labute approximate surface area is 122 Å². The lowest BCUT2D eigenvalue weighted by Crippen LogP contribution is -2.21. The third-order valence-electron chi connectivity index (χ3n) is 3.09. The largest absolute Gasteiger partial charge is 0.397 e. The van der Waals surface area contributed by atoms with Crippen LogP contribution in [0.25, 0.3) is 0 Å². The molecule has 5 heteroatoms. The average Bonchev–Trinajstić information content (AvgIpc) is 2.41. The molecule has 0 spiro atoms. The molecular weight excluding hydrogens is 274 g/mol. The topological polar surface area (TPSA) is 72.3 Å². The molecule has 0 saturated heterocycles. The molecule has 1 amide bonds. The summed E-state index contributed by atoms with van der Waals surface area (Å²) in [6.07, 6.45) is 0. The highest BCUT2D eigenvalue weighted by atomic mass is 35.5. The molecule has 0 atom stereocenters. The molecular formula is C15H16ClN3O. The Bertz CT molecular complexity index is 643. The zero-order chi connectivity index (χ0) is 14.7. The van der Waals surface area contributed by atoms with Crippen molar-refractivity contribution in [1.82, 2.24) is 0 Å². The van der Waals surface area contributed by atoms with Crippen LogP contribution in [-0.2, 0) is 6.54 Å². The van der Waals surface area contributed by atoms with Crippen molar-refractivity contribution in [2.45, 2.75) is 6.54 Å². The van der Waals surface area contributed by atoms with E-state index in [-0.39, 0.29) is 0 Å². The molecule has 0 aliphatic heterocycles. The first-order chi connectivity index (χ1) is 9.49. The van der Waals surface area contributed by atoms with Gasteiger partial charge in [0.05, 0.1) is 11.4 Å². The molecule has 104 valence electrons. The molecule has 4 nitrogen and oxygen atoms in total. The Balaban J connectivity index is 2.30. The molecule has 0 fully saturated rings. The molecule has 4 N–H and O–H groups in total. The quantitative estimate of drug-likeness (QED) is 0.850. The van der Waals surface area contributed by atoms with Gasteiger partial charge in [-0.1, -0.05) is 29.8 Å². The number of hydrogen-bond donors (Lipinski definition) is 2. The molecule has 0 bridgehead atoms. The van der Waals surface area contributed by atoms with Gasteiger partial charge in [0.25, 0.3) is 0 Å². The Kier molecular flexibility index (Phi) is 4.15. The summed E-state index contributed by atoms with van der Waals surface area (Å²) in [5, 5.41) is 0.615. The van der Waals surface area contributed by atoms with Gasteiger partial charge in [-0.2, -0.15) is 0 Å². The van der Waals surface area contributed by atoms with Gasteiger partial charge in [-0.3, -0.25) is 4.79 Å². The highest BCUT2D eigenvalue weighted by Gasteiger charge is 2.11. The number of nitrogens with zero attached hydrogens (tertiary/aromatic N) is 1. The van der Waals surface area contributed by atoms with Crippen molar-refractivity contribution in [2.75, 3.05) is 17.7 Å². The maximum absolute atomic E-state index is 11.4. The van der Waals surface area contributed by atoms with Gasteiger partial charge in [0.2, 0.25) is 5.91 Å². The fourth-order valence-electron chi connectivity index (χ4n) is 2.09. The lowest BCUT2D eigenvalue weighted by Gasteiger charge is -2.22. The van der Waals surface area contributed by atoms with Crippen molar-refractivity contribution in [3.05, 3.63) is 58.6 Å². The minimum Gasteiger partial charge on any atom is -0.397 e. The van der Waals surface area contributed by atoms with Crippen molar-refractivity contribution in [3.63, 3.8) is 0 Å².